The molecular weight excluding hydrogens is 260 g/mol. The highest BCUT2D eigenvalue weighted by molar-refractivity contribution is 7.89. The predicted octanol–water partition coefficient (Wildman–Crippen LogP) is 0.746. The summed E-state index contributed by atoms with van der Waals surface area (Å²) in [5.74, 6) is -0.217. The quantitative estimate of drug-likeness (QED) is 0.361. The van der Waals surface area contributed by atoms with Crippen molar-refractivity contribution in [3.63, 3.8) is 0 Å². The maximum absolute atomic E-state index is 11.0. The summed E-state index contributed by atoms with van der Waals surface area (Å²) in [6, 6.07) is 5.39. The van der Waals surface area contributed by atoms with Crippen LogP contribution in [0.1, 0.15) is 13.3 Å². The summed E-state index contributed by atoms with van der Waals surface area (Å²) in [6.45, 7) is 1.60. The lowest BCUT2D eigenvalue weighted by atomic mass is 10.3. The van der Waals surface area contributed by atoms with Gasteiger partial charge in [0, 0.05) is 0 Å². The van der Waals surface area contributed by atoms with Crippen LogP contribution in [0.25, 0.3) is 0 Å². The number of nitrogens with one attached hydrogen (secondary N) is 1. The minimum absolute atomic E-state index is 0.0398. The van der Waals surface area contributed by atoms with Crippen LogP contribution in [0.3, 0.4) is 0 Å². The monoisotopic (exact) mass is 272 g/mol. The molecule has 1 rings (SSSR count). The van der Waals surface area contributed by atoms with E-state index in [4.69, 9.17) is 5.14 Å². The molecule has 0 aromatic heterocycles. The van der Waals surface area contributed by atoms with E-state index in [-0.39, 0.29) is 17.2 Å². The van der Waals surface area contributed by atoms with Gasteiger partial charge in [-0.15, -0.1) is 0 Å². The van der Waals surface area contributed by atoms with Gasteiger partial charge in [-0.2, -0.15) is 5.43 Å². The van der Waals surface area contributed by atoms with E-state index in [1.54, 1.807) is 6.92 Å². The van der Waals surface area contributed by atoms with Crippen LogP contribution >= 0.6 is 0 Å². The molecule has 0 saturated carbocycles. The van der Waals surface area contributed by atoms with Gasteiger partial charge in [0.15, 0.2) is 0 Å². The second kappa shape index (κ2) is 5.56. The van der Waals surface area contributed by atoms with Crippen molar-refractivity contribution in [1.29, 1.82) is 0 Å². The third-order valence-corrected chi connectivity index (χ3v) is 2.95. The molecule has 0 saturated heterocycles. The molecule has 9 heteroatoms. The van der Waals surface area contributed by atoms with Crippen LogP contribution in [-0.4, -0.2) is 19.2 Å². The van der Waals surface area contributed by atoms with Crippen molar-refractivity contribution in [2.45, 2.75) is 18.2 Å². The molecule has 0 fully saturated rings. The number of nitrogens with zero attached hydrogens (tertiary/aromatic N) is 2. The van der Waals surface area contributed by atoms with E-state index >= 15 is 0 Å². The maximum atomic E-state index is 11.0. The molecule has 0 unspecified atom stereocenters. The van der Waals surface area contributed by atoms with Crippen LogP contribution in [0.2, 0.25) is 0 Å². The minimum atomic E-state index is -3.74. The number of primary sulfonamides is 1. The molecule has 18 heavy (non-hydrogen) atoms. The van der Waals surface area contributed by atoms with E-state index in [0.717, 1.165) is 0 Å². The molecule has 1 aromatic rings. The molecule has 0 atom stereocenters. The number of sulfonamides is 1. The molecule has 0 aliphatic carbocycles. The fraction of sp³-hybridized carbons (Fsp3) is 0.222. The summed E-state index contributed by atoms with van der Waals surface area (Å²) in [5.41, 5.74) is 2.89. The lowest BCUT2D eigenvalue weighted by molar-refractivity contribution is -0.353. The number of nitrogens with two attached hydrogens (primary N) is 1. The van der Waals surface area contributed by atoms with E-state index < -0.39 is 14.9 Å². The smallest absolute Gasteiger partial charge is 0.358 e. The second-order valence-corrected chi connectivity index (χ2v) is 4.88. The maximum Gasteiger partial charge on any atom is 0.363 e. The number of amidine groups is 1. The zero-order valence-electron chi connectivity index (χ0n) is 9.53. The average molecular weight is 272 g/mol. The van der Waals surface area contributed by atoms with Crippen molar-refractivity contribution in [1.82, 2.24) is 0 Å². The molecule has 0 bridgehead atoms. The largest absolute Gasteiger partial charge is 0.363 e. The van der Waals surface area contributed by atoms with E-state index in [9.17, 15) is 18.5 Å². The lowest BCUT2D eigenvalue weighted by Crippen LogP contribution is -2.13. The summed E-state index contributed by atoms with van der Waals surface area (Å²) < 4.78 is 22.0. The Hall–Kier alpha value is -2.00. The van der Waals surface area contributed by atoms with Gasteiger partial charge in [0.05, 0.1) is 22.1 Å². The van der Waals surface area contributed by atoms with Crippen molar-refractivity contribution in [3.8, 4) is 0 Å². The summed E-state index contributed by atoms with van der Waals surface area (Å²) in [4.78, 5) is 9.84. The van der Waals surface area contributed by atoms with Crippen molar-refractivity contribution in [2.75, 3.05) is 5.43 Å². The number of anilines is 1. The van der Waals surface area contributed by atoms with Crippen molar-refractivity contribution in [2.24, 2.45) is 10.2 Å². The molecule has 98 valence electrons. The van der Waals surface area contributed by atoms with Crippen molar-refractivity contribution >= 4 is 21.5 Å². The average Bonchev–Trinajstić information content (AvgIpc) is 2.29. The highest BCUT2D eigenvalue weighted by Gasteiger charge is 2.10. The van der Waals surface area contributed by atoms with Gasteiger partial charge >= 0.3 is 5.84 Å². The summed E-state index contributed by atoms with van der Waals surface area (Å²) >= 11 is 0. The first-order valence-electron chi connectivity index (χ1n) is 4.94. The van der Waals surface area contributed by atoms with E-state index in [0.29, 0.717) is 5.69 Å². The fourth-order valence-corrected chi connectivity index (χ4v) is 1.61. The number of nitro groups is 1. The predicted molar refractivity (Wildman–Crippen MR) is 66.2 cm³/mol. The number of hydrogen-bond donors (Lipinski definition) is 2. The van der Waals surface area contributed by atoms with Crippen LogP contribution in [0.4, 0.5) is 5.69 Å². The Morgan fingerprint density at radius 1 is 1.44 bits per heavy atom. The first-order valence-corrected chi connectivity index (χ1v) is 6.49. The fourth-order valence-electron chi connectivity index (χ4n) is 1.10. The highest BCUT2D eigenvalue weighted by Crippen LogP contribution is 2.12. The molecule has 0 amide bonds. The Morgan fingerprint density at radius 2 is 2.00 bits per heavy atom. The molecule has 1 aromatic carbocycles. The Balaban J connectivity index is 2.85. The molecule has 8 nitrogen and oxygen atoms in total. The first-order chi connectivity index (χ1) is 8.34. The normalized spacial score (nSPS) is 12.2. The molecule has 3 N–H and O–H groups in total. The Labute approximate surface area is 104 Å². The summed E-state index contributed by atoms with van der Waals surface area (Å²) in [6.07, 6.45) is 0.176. The van der Waals surface area contributed by atoms with E-state index in [1.165, 1.54) is 24.3 Å². The molecule has 0 aliphatic rings. The van der Waals surface area contributed by atoms with Gasteiger partial charge in [0.25, 0.3) is 0 Å². The molecule has 0 spiro atoms. The van der Waals surface area contributed by atoms with Crippen LogP contribution in [0.15, 0.2) is 34.3 Å². The van der Waals surface area contributed by atoms with Crippen LogP contribution < -0.4 is 10.6 Å². The van der Waals surface area contributed by atoms with Gasteiger partial charge in [-0.3, -0.25) is 0 Å². The molecule has 0 heterocycles. The van der Waals surface area contributed by atoms with Gasteiger partial charge in [-0.05, 0) is 29.2 Å². The number of hydrogen-bond acceptors (Lipinski definition) is 6. The summed E-state index contributed by atoms with van der Waals surface area (Å²) in [7, 11) is -3.74. The van der Waals surface area contributed by atoms with Crippen LogP contribution in [-0.2, 0) is 10.0 Å². The van der Waals surface area contributed by atoms with Gasteiger partial charge in [-0.25, -0.2) is 13.6 Å². The highest BCUT2D eigenvalue weighted by atomic mass is 32.2. The Bertz CT molecular complexity index is 565. The number of benzene rings is 1. The van der Waals surface area contributed by atoms with E-state index in [2.05, 4.69) is 10.5 Å². The lowest BCUT2D eigenvalue weighted by Gasteiger charge is -1.99. The Morgan fingerprint density at radius 3 is 2.39 bits per heavy atom. The van der Waals surface area contributed by atoms with Crippen molar-refractivity contribution in [3.05, 3.63) is 34.4 Å². The van der Waals surface area contributed by atoms with Crippen LogP contribution in [0, 0.1) is 10.1 Å². The second-order valence-electron chi connectivity index (χ2n) is 3.32. The number of rotatable bonds is 4. The summed E-state index contributed by atoms with van der Waals surface area (Å²) in [5, 5.41) is 19.0. The zero-order valence-corrected chi connectivity index (χ0v) is 10.3. The standard InChI is InChI=1S/C9H12N4O4S/c1-2-9(13(14)15)12-11-7-3-5-8(6-4-7)18(10,16)17/h3-6,11H,2H2,1H3,(H2,10,16,17)/b12-9+. The topological polar surface area (TPSA) is 128 Å². The van der Waals surface area contributed by atoms with Gasteiger partial charge in [0.1, 0.15) is 0 Å². The first kappa shape index (κ1) is 14.1. The van der Waals surface area contributed by atoms with Gasteiger partial charge < -0.3 is 10.1 Å². The SMILES string of the molecule is CC/C(=N\Nc1ccc(S(N)(=O)=O)cc1)[N+](=O)[O-]. The molecular formula is C9H12N4O4S. The molecule has 0 aliphatic heterocycles. The van der Waals surface area contributed by atoms with Crippen LogP contribution in [0.5, 0.6) is 0 Å². The van der Waals surface area contributed by atoms with Gasteiger partial charge in [0.2, 0.25) is 10.0 Å². The molecule has 0 radical (unpaired) electrons. The minimum Gasteiger partial charge on any atom is -0.358 e. The van der Waals surface area contributed by atoms with Gasteiger partial charge in [-0.1, -0.05) is 6.92 Å². The third-order valence-electron chi connectivity index (χ3n) is 2.02. The Kier molecular flexibility index (Phi) is 4.34. The van der Waals surface area contributed by atoms with Crippen molar-refractivity contribution < 1.29 is 13.3 Å². The number of hydrazone groups is 1. The van der Waals surface area contributed by atoms with E-state index in [1.807, 2.05) is 0 Å². The zero-order chi connectivity index (χ0) is 13.8. The third kappa shape index (κ3) is 3.79.